The van der Waals surface area contributed by atoms with E-state index >= 15 is 0 Å². The number of nitrogens with zero attached hydrogens (tertiary/aromatic N) is 5. The van der Waals surface area contributed by atoms with Gasteiger partial charge in [-0.05, 0) is 30.2 Å². The van der Waals surface area contributed by atoms with Gasteiger partial charge in [0, 0.05) is 38.5 Å². The molecular weight excluding hydrogens is 816 g/mol. The smallest absolute Gasteiger partial charge is 0.387 e. The quantitative estimate of drug-likeness (QED) is 0.0323. The normalized spacial score (nSPS) is 21.3. The molecule has 1 unspecified atom stereocenters. The Kier molecular flexibility index (Phi) is 21.0. The highest BCUT2D eigenvalue weighted by Gasteiger charge is 2.56. The lowest BCUT2D eigenvalue weighted by atomic mass is 9.92. The number of pyridine rings is 1. The SMILES string of the molecule is CCCCCCCCCCCCCCCCCCOC[C@H](COP(=O)(O)OC[C@H]1O[C@@](C=NC)(c2ccc3c(N)ncnn23)[C@H](O)[C@@H]1O)OCc1cncc(S(C)(=O)=O)c1. The van der Waals surface area contributed by atoms with Crippen molar-refractivity contribution < 1.29 is 51.3 Å². The van der Waals surface area contributed by atoms with Crippen LogP contribution in [0, 0.1) is 0 Å². The summed E-state index contributed by atoms with van der Waals surface area (Å²) in [5.74, 6) is 0.179. The van der Waals surface area contributed by atoms with Gasteiger partial charge in [-0.2, -0.15) is 5.10 Å². The monoisotopic (exact) mass is 882 g/mol. The molecule has 1 aliphatic rings. The van der Waals surface area contributed by atoms with E-state index in [9.17, 15) is 28.1 Å². The molecule has 0 aliphatic carbocycles. The molecular formula is C41H67N6O11PS. The highest BCUT2D eigenvalue weighted by Crippen LogP contribution is 2.46. The second kappa shape index (κ2) is 25.3. The molecule has 19 heteroatoms. The van der Waals surface area contributed by atoms with Crippen LogP contribution in [-0.4, -0.2) is 113 Å². The average Bonchev–Trinajstić information content (AvgIpc) is 3.77. The summed E-state index contributed by atoms with van der Waals surface area (Å²) in [6, 6.07) is 4.67. The largest absolute Gasteiger partial charge is 0.472 e. The minimum atomic E-state index is -4.79. The van der Waals surface area contributed by atoms with Crippen molar-refractivity contribution in [3.05, 3.63) is 48.2 Å². The van der Waals surface area contributed by atoms with Crippen molar-refractivity contribution in [3.63, 3.8) is 0 Å². The average molecular weight is 883 g/mol. The Morgan fingerprint density at radius 1 is 0.967 bits per heavy atom. The summed E-state index contributed by atoms with van der Waals surface area (Å²) in [5, 5.41) is 26.5. The van der Waals surface area contributed by atoms with Gasteiger partial charge >= 0.3 is 7.82 Å². The Balaban J connectivity index is 1.23. The molecule has 0 aromatic carbocycles. The first-order valence-electron chi connectivity index (χ1n) is 21.3. The standard InChI is InChI=1S/C41H67N6O11PS/c1-4-5-6-7-8-9-10-11-12-13-14-15-16-17-18-19-22-54-27-33(55-26-32-23-34(25-44-24-32)60(3,52)53)28-56-59(50,51)57-29-36-38(48)39(49)41(58-36,30-43-2)37-21-20-35-40(42)45-31-46-47(35)37/h20-21,23-25,30-31,33,36,38-39,48-49H,4-19,22,26-29H2,1-3H3,(H,50,51)(H2,42,45,46)/t33-,36-,38-,39-,41+/m1/s1. The number of nitrogen functional groups attached to an aromatic ring is 1. The number of aliphatic hydroxyl groups is 2. The van der Waals surface area contributed by atoms with Crippen LogP contribution >= 0.6 is 7.82 Å². The zero-order valence-electron chi connectivity index (χ0n) is 35.5. The van der Waals surface area contributed by atoms with E-state index < -0.39 is 60.9 Å². The summed E-state index contributed by atoms with van der Waals surface area (Å²) in [6.07, 6.45) is 21.2. The highest BCUT2D eigenvalue weighted by molar-refractivity contribution is 7.90. The Hall–Kier alpha value is -2.90. The molecule has 1 saturated heterocycles. The zero-order valence-corrected chi connectivity index (χ0v) is 37.2. The molecule has 5 N–H and O–H groups in total. The lowest BCUT2D eigenvalue weighted by Crippen LogP contribution is -2.43. The van der Waals surface area contributed by atoms with E-state index in [1.165, 1.54) is 126 Å². The van der Waals surface area contributed by atoms with Crippen LogP contribution in [0.1, 0.15) is 121 Å². The van der Waals surface area contributed by atoms with Crippen LogP contribution in [0.2, 0.25) is 0 Å². The van der Waals surface area contributed by atoms with E-state index in [0.717, 1.165) is 25.5 Å². The number of hydrogen-bond donors (Lipinski definition) is 4. The summed E-state index contributed by atoms with van der Waals surface area (Å²) in [4.78, 5) is 22.7. The second-order valence-corrected chi connectivity index (χ2v) is 19.1. The number of unbranched alkanes of at least 4 members (excludes halogenated alkanes) is 15. The molecule has 0 spiro atoms. The molecule has 0 bridgehead atoms. The summed E-state index contributed by atoms with van der Waals surface area (Å²) < 4.78 is 67.2. The first kappa shape index (κ1) is 49.8. The van der Waals surface area contributed by atoms with Crippen LogP contribution in [0.5, 0.6) is 0 Å². The van der Waals surface area contributed by atoms with E-state index in [2.05, 4.69) is 27.0 Å². The second-order valence-electron chi connectivity index (χ2n) is 15.6. The lowest BCUT2D eigenvalue weighted by Gasteiger charge is -2.27. The van der Waals surface area contributed by atoms with Crippen molar-refractivity contribution in [2.45, 2.75) is 151 Å². The number of aromatic nitrogens is 4. The maximum Gasteiger partial charge on any atom is 0.472 e. The number of aliphatic hydroxyl groups excluding tert-OH is 2. The maximum atomic E-state index is 13.1. The predicted molar refractivity (Wildman–Crippen MR) is 228 cm³/mol. The van der Waals surface area contributed by atoms with Crippen molar-refractivity contribution >= 4 is 35.2 Å². The minimum Gasteiger partial charge on any atom is -0.387 e. The summed E-state index contributed by atoms with van der Waals surface area (Å²) in [5.41, 5.74) is 5.45. The fraction of sp³-hybridized carbons (Fsp3) is 0.707. The number of anilines is 1. The molecule has 0 saturated carbocycles. The fourth-order valence-corrected chi connectivity index (χ4v) is 8.64. The first-order chi connectivity index (χ1) is 28.8. The van der Waals surface area contributed by atoms with Crippen molar-refractivity contribution in [3.8, 4) is 0 Å². The molecule has 4 heterocycles. The third-order valence-corrected chi connectivity index (χ3v) is 12.7. The van der Waals surface area contributed by atoms with Gasteiger partial charge in [0.15, 0.2) is 21.3 Å². The molecule has 0 radical (unpaired) electrons. The van der Waals surface area contributed by atoms with Gasteiger partial charge < -0.3 is 35.1 Å². The first-order valence-corrected chi connectivity index (χ1v) is 24.7. The van der Waals surface area contributed by atoms with Crippen LogP contribution < -0.4 is 5.73 Å². The molecule has 6 atom stereocenters. The predicted octanol–water partition coefficient (Wildman–Crippen LogP) is 6.12. The van der Waals surface area contributed by atoms with E-state index in [4.69, 9.17) is 29.0 Å². The van der Waals surface area contributed by atoms with Gasteiger partial charge in [-0.3, -0.25) is 19.0 Å². The maximum absolute atomic E-state index is 13.1. The van der Waals surface area contributed by atoms with Crippen LogP contribution in [0.25, 0.3) is 5.52 Å². The number of rotatable bonds is 31. The summed E-state index contributed by atoms with van der Waals surface area (Å²) in [6.45, 7) is 1.59. The Morgan fingerprint density at radius 2 is 1.60 bits per heavy atom. The van der Waals surface area contributed by atoms with Crippen molar-refractivity contribution in [2.24, 2.45) is 4.99 Å². The zero-order chi connectivity index (χ0) is 43.4. The molecule has 338 valence electrons. The Bertz CT molecular complexity index is 1900. The Labute approximate surface area is 355 Å². The molecule has 1 aliphatic heterocycles. The van der Waals surface area contributed by atoms with E-state index in [1.54, 1.807) is 12.1 Å². The summed E-state index contributed by atoms with van der Waals surface area (Å²) in [7, 11) is -6.83. The minimum absolute atomic E-state index is 0.0206. The number of hydrogen-bond acceptors (Lipinski definition) is 15. The van der Waals surface area contributed by atoms with Gasteiger partial charge in [0.2, 0.25) is 0 Å². The van der Waals surface area contributed by atoms with Crippen LogP contribution in [0.4, 0.5) is 5.82 Å². The van der Waals surface area contributed by atoms with Crippen molar-refractivity contribution in [1.82, 2.24) is 19.6 Å². The number of nitrogens with two attached hydrogens (primary N) is 1. The Morgan fingerprint density at radius 3 is 2.22 bits per heavy atom. The molecule has 3 aromatic rings. The van der Waals surface area contributed by atoms with E-state index in [0.29, 0.717) is 17.7 Å². The van der Waals surface area contributed by atoms with E-state index in [-0.39, 0.29) is 29.6 Å². The number of ether oxygens (including phenoxy) is 3. The number of sulfone groups is 1. The fourth-order valence-electron chi connectivity index (χ4n) is 7.26. The third kappa shape index (κ3) is 15.5. The van der Waals surface area contributed by atoms with Gasteiger partial charge in [0.1, 0.15) is 36.3 Å². The van der Waals surface area contributed by atoms with Gasteiger partial charge in [0.25, 0.3) is 0 Å². The molecule has 3 aromatic heterocycles. The van der Waals surface area contributed by atoms with Gasteiger partial charge in [-0.15, -0.1) is 0 Å². The number of phosphoric acid groups is 1. The van der Waals surface area contributed by atoms with Gasteiger partial charge in [-0.1, -0.05) is 103 Å². The number of aliphatic imine (C=N–C) groups is 1. The lowest BCUT2D eigenvalue weighted by molar-refractivity contribution is -0.0626. The van der Waals surface area contributed by atoms with Crippen molar-refractivity contribution in [1.29, 1.82) is 0 Å². The van der Waals surface area contributed by atoms with Gasteiger partial charge in [0.05, 0.1) is 37.0 Å². The van der Waals surface area contributed by atoms with Crippen LogP contribution in [0.3, 0.4) is 0 Å². The molecule has 17 nitrogen and oxygen atoms in total. The molecule has 1 fully saturated rings. The topological polar surface area (TPSA) is 240 Å². The van der Waals surface area contributed by atoms with E-state index in [1.807, 2.05) is 0 Å². The molecule has 4 rings (SSSR count). The highest BCUT2D eigenvalue weighted by atomic mass is 32.2. The number of phosphoric ester groups is 1. The van der Waals surface area contributed by atoms with Gasteiger partial charge in [-0.25, -0.2) is 22.5 Å². The number of fused-ring (bicyclic) bond motifs is 1. The molecule has 0 amide bonds. The summed E-state index contributed by atoms with van der Waals surface area (Å²) >= 11 is 0. The van der Waals surface area contributed by atoms with Crippen molar-refractivity contribution in [2.75, 3.05) is 45.5 Å². The molecule has 60 heavy (non-hydrogen) atoms. The third-order valence-electron chi connectivity index (χ3n) is 10.6. The van der Waals surface area contributed by atoms with Crippen LogP contribution in [0.15, 0.2) is 46.8 Å². The van der Waals surface area contributed by atoms with Crippen LogP contribution in [-0.2, 0) is 49.9 Å².